The highest BCUT2D eigenvalue weighted by Crippen LogP contribution is 2.31. The molecule has 186 valence electrons. The van der Waals surface area contributed by atoms with Crippen molar-refractivity contribution in [2.45, 2.75) is 44.7 Å². The first-order valence-corrected chi connectivity index (χ1v) is 12.8. The molecule has 36 heavy (non-hydrogen) atoms. The lowest BCUT2D eigenvalue weighted by Gasteiger charge is -2.30. The van der Waals surface area contributed by atoms with Crippen LogP contribution >= 0.6 is 0 Å². The molecule has 0 unspecified atom stereocenters. The van der Waals surface area contributed by atoms with Crippen LogP contribution in [0.3, 0.4) is 0 Å². The summed E-state index contributed by atoms with van der Waals surface area (Å²) in [4.78, 5) is 20.4. The molecule has 0 bridgehead atoms. The second-order valence-electron chi connectivity index (χ2n) is 9.70. The monoisotopic (exact) mass is 482 g/mol. The molecule has 1 aliphatic carbocycles. The average Bonchev–Trinajstić information content (AvgIpc) is 2.89. The summed E-state index contributed by atoms with van der Waals surface area (Å²) in [6.45, 7) is 2.46. The van der Waals surface area contributed by atoms with Gasteiger partial charge in [-0.05, 0) is 55.5 Å². The molecule has 0 radical (unpaired) electrons. The predicted octanol–water partition coefficient (Wildman–Crippen LogP) is 6.01. The summed E-state index contributed by atoms with van der Waals surface area (Å²) in [6.07, 6.45) is 3.80. The van der Waals surface area contributed by atoms with Crippen LogP contribution in [0, 0.1) is 0 Å². The number of benzene rings is 3. The van der Waals surface area contributed by atoms with Gasteiger partial charge in [0.1, 0.15) is 11.6 Å². The van der Waals surface area contributed by atoms with Gasteiger partial charge in [0.25, 0.3) is 5.91 Å². The maximum atomic E-state index is 13.4. The lowest BCUT2D eigenvalue weighted by atomic mass is 9.90. The molecule has 1 aromatic heterocycles. The summed E-state index contributed by atoms with van der Waals surface area (Å²) in [5.41, 5.74) is 2.78. The Hall–Kier alpha value is -3.80. The Balaban J connectivity index is 1.26. The standard InChI is InChI=1S/C30H34N4O2/c1-4-36-27-18-13-20-9-5-6-10-23(20)29(27)30(35)32-22-16-14-21(15-17-22)31-28-19-26(34(2)3)24-11-7-8-12-25(24)33-28/h5-13,18-19,21-22H,4,14-17H2,1-3H3,(H,31,33)(H,32,35)/t21-,22+. The zero-order valence-corrected chi connectivity index (χ0v) is 21.3. The summed E-state index contributed by atoms with van der Waals surface area (Å²) in [5.74, 6) is 1.49. The number of carbonyl (C=O) groups excluding carboxylic acids is 1. The van der Waals surface area contributed by atoms with E-state index in [0.717, 1.165) is 58.9 Å². The van der Waals surface area contributed by atoms with Gasteiger partial charge in [-0.1, -0.05) is 48.5 Å². The first kappa shape index (κ1) is 23.9. The van der Waals surface area contributed by atoms with Gasteiger partial charge in [0.2, 0.25) is 0 Å². The Labute approximate surface area is 212 Å². The number of para-hydroxylation sites is 1. The van der Waals surface area contributed by atoms with Crippen LogP contribution < -0.4 is 20.3 Å². The van der Waals surface area contributed by atoms with E-state index in [-0.39, 0.29) is 11.9 Å². The third-order valence-corrected chi connectivity index (χ3v) is 7.01. The largest absolute Gasteiger partial charge is 0.493 e. The molecule has 0 spiro atoms. The van der Waals surface area contributed by atoms with Crippen molar-refractivity contribution in [1.29, 1.82) is 0 Å². The summed E-state index contributed by atoms with van der Waals surface area (Å²) < 4.78 is 5.81. The van der Waals surface area contributed by atoms with Crippen LogP contribution in [0.4, 0.5) is 11.5 Å². The topological polar surface area (TPSA) is 66.5 Å². The van der Waals surface area contributed by atoms with E-state index in [2.05, 4.69) is 53.9 Å². The molecular formula is C30H34N4O2. The average molecular weight is 483 g/mol. The summed E-state index contributed by atoms with van der Waals surface area (Å²) in [5, 5.41) is 10.1. The van der Waals surface area contributed by atoms with E-state index in [9.17, 15) is 4.79 Å². The number of nitrogens with zero attached hydrogens (tertiary/aromatic N) is 2. The second kappa shape index (κ2) is 10.4. The van der Waals surface area contributed by atoms with E-state index in [1.165, 1.54) is 0 Å². The Bertz CT molecular complexity index is 1380. The van der Waals surface area contributed by atoms with Gasteiger partial charge in [-0.3, -0.25) is 4.79 Å². The van der Waals surface area contributed by atoms with E-state index >= 15 is 0 Å². The SMILES string of the molecule is CCOc1ccc2ccccc2c1C(=O)N[C@H]1CC[C@@H](Nc2cc(N(C)C)c3ccccc3n2)CC1. The minimum Gasteiger partial charge on any atom is -0.493 e. The van der Waals surface area contributed by atoms with Crippen molar-refractivity contribution in [1.82, 2.24) is 10.3 Å². The molecule has 5 rings (SSSR count). The van der Waals surface area contributed by atoms with Gasteiger partial charge < -0.3 is 20.3 Å². The highest BCUT2D eigenvalue weighted by atomic mass is 16.5. The quantitative estimate of drug-likeness (QED) is 0.338. The molecule has 4 aromatic rings. The maximum absolute atomic E-state index is 13.4. The highest BCUT2D eigenvalue weighted by molar-refractivity contribution is 6.09. The number of fused-ring (bicyclic) bond motifs is 2. The molecule has 2 N–H and O–H groups in total. The molecule has 1 heterocycles. The Morgan fingerprint density at radius 1 is 0.944 bits per heavy atom. The number of ether oxygens (including phenoxy) is 1. The second-order valence-corrected chi connectivity index (χ2v) is 9.70. The van der Waals surface area contributed by atoms with Gasteiger partial charge >= 0.3 is 0 Å². The smallest absolute Gasteiger partial charge is 0.255 e. The fourth-order valence-electron chi connectivity index (χ4n) is 5.21. The molecule has 1 fully saturated rings. The molecule has 6 heteroatoms. The van der Waals surface area contributed by atoms with Crippen LogP contribution in [0.5, 0.6) is 5.75 Å². The minimum atomic E-state index is -0.0570. The number of nitrogens with one attached hydrogen (secondary N) is 2. The van der Waals surface area contributed by atoms with Crippen molar-refractivity contribution in [2.75, 3.05) is 30.9 Å². The normalized spacial score (nSPS) is 17.6. The fraction of sp³-hybridized carbons (Fsp3) is 0.333. The Morgan fingerprint density at radius 2 is 1.64 bits per heavy atom. The van der Waals surface area contributed by atoms with Crippen LogP contribution in [0.1, 0.15) is 43.0 Å². The van der Waals surface area contributed by atoms with E-state index < -0.39 is 0 Å². The van der Waals surface area contributed by atoms with Gasteiger partial charge in [-0.25, -0.2) is 4.98 Å². The zero-order chi connectivity index (χ0) is 25.1. The first-order valence-electron chi connectivity index (χ1n) is 12.8. The third-order valence-electron chi connectivity index (χ3n) is 7.01. The Morgan fingerprint density at radius 3 is 2.39 bits per heavy atom. The number of rotatable bonds is 7. The number of carbonyl (C=O) groups is 1. The molecule has 0 saturated heterocycles. The molecular weight excluding hydrogens is 448 g/mol. The number of aromatic nitrogens is 1. The Kier molecular flexibility index (Phi) is 6.94. The molecule has 1 aliphatic rings. The lowest BCUT2D eigenvalue weighted by molar-refractivity contribution is 0.0924. The molecule has 1 amide bonds. The number of amides is 1. The van der Waals surface area contributed by atoms with Crippen molar-refractivity contribution in [2.24, 2.45) is 0 Å². The fourth-order valence-corrected chi connectivity index (χ4v) is 5.21. The van der Waals surface area contributed by atoms with E-state index in [1.807, 2.05) is 49.4 Å². The van der Waals surface area contributed by atoms with Gasteiger partial charge in [0, 0.05) is 43.3 Å². The van der Waals surface area contributed by atoms with E-state index in [0.29, 0.717) is 24.0 Å². The van der Waals surface area contributed by atoms with Gasteiger partial charge in [0.15, 0.2) is 0 Å². The molecule has 6 nitrogen and oxygen atoms in total. The summed E-state index contributed by atoms with van der Waals surface area (Å²) >= 11 is 0. The van der Waals surface area contributed by atoms with Crippen LogP contribution in [0.2, 0.25) is 0 Å². The lowest BCUT2D eigenvalue weighted by Crippen LogP contribution is -2.40. The van der Waals surface area contributed by atoms with E-state index in [1.54, 1.807) is 0 Å². The molecule has 0 atom stereocenters. The highest BCUT2D eigenvalue weighted by Gasteiger charge is 2.25. The van der Waals surface area contributed by atoms with Crippen LogP contribution in [0.25, 0.3) is 21.7 Å². The molecule has 0 aliphatic heterocycles. The minimum absolute atomic E-state index is 0.0570. The number of pyridine rings is 1. The third kappa shape index (κ3) is 4.94. The number of hydrogen-bond acceptors (Lipinski definition) is 5. The van der Waals surface area contributed by atoms with Crippen molar-refractivity contribution in [3.05, 3.63) is 72.3 Å². The van der Waals surface area contributed by atoms with Gasteiger partial charge in [0.05, 0.1) is 17.7 Å². The summed E-state index contributed by atoms with van der Waals surface area (Å²) in [7, 11) is 4.12. The van der Waals surface area contributed by atoms with Crippen LogP contribution in [-0.4, -0.2) is 43.7 Å². The van der Waals surface area contributed by atoms with Crippen molar-refractivity contribution < 1.29 is 9.53 Å². The van der Waals surface area contributed by atoms with Crippen molar-refractivity contribution in [3.8, 4) is 5.75 Å². The van der Waals surface area contributed by atoms with Crippen LogP contribution in [0.15, 0.2) is 66.7 Å². The van der Waals surface area contributed by atoms with Gasteiger partial charge in [-0.15, -0.1) is 0 Å². The number of anilines is 2. The van der Waals surface area contributed by atoms with Crippen LogP contribution in [-0.2, 0) is 0 Å². The van der Waals surface area contributed by atoms with E-state index in [4.69, 9.17) is 9.72 Å². The van der Waals surface area contributed by atoms with Crippen molar-refractivity contribution >= 4 is 39.1 Å². The van der Waals surface area contributed by atoms with Crippen molar-refractivity contribution in [3.63, 3.8) is 0 Å². The zero-order valence-electron chi connectivity index (χ0n) is 21.3. The van der Waals surface area contributed by atoms with Gasteiger partial charge in [-0.2, -0.15) is 0 Å². The maximum Gasteiger partial charge on any atom is 0.255 e. The summed E-state index contributed by atoms with van der Waals surface area (Å²) in [6, 6.07) is 22.7. The number of hydrogen-bond donors (Lipinski definition) is 2. The molecule has 3 aromatic carbocycles. The predicted molar refractivity (Wildman–Crippen MR) is 148 cm³/mol. The molecule has 1 saturated carbocycles. The first-order chi connectivity index (χ1) is 17.5.